The number of unbranched alkanes of at least 4 members (excludes halogenated alkanes) is 1. The predicted octanol–water partition coefficient (Wildman–Crippen LogP) is 1.34. The Morgan fingerprint density at radius 2 is 2.24 bits per heavy atom. The fraction of sp³-hybridized carbons (Fsp3) is 0.333. The maximum atomic E-state index is 12.1. The molecule has 2 rings (SSSR count). The quantitative estimate of drug-likeness (QED) is 0.557. The average Bonchev–Trinajstić information content (AvgIpc) is 3.09. The first kappa shape index (κ1) is 16.1. The van der Waals surface area contributed by atoms with E-state index in [4.69, 9.17) is 18.0 Å². The number of hydrogen-bond donors (Lipinski definition) is 2. The van der Waals surface area contributed by atoms with Gasteiger partial charge in [-0.2, -0.15) is 0 Å². The summed E-state index contributed by atoms with van der Waals surface area (Å²) in [7, 11) is -3.47. The van der Waals surface area contributed by atoms with Gasteiger partial charge in [0.15, 0.2) is 0 Å². The first-order valence-corrected chi connectivity index (χ1v) is 9.05. The van der Waals surface area contributed by atoms with Gasteiger partial charge in [-0.15, -0.1) is 11.3 Å². The Labute approximate surface area is 133 Å². The highest BCUT2D eigenvalue weighted by Gasteiger charge is 2.16. The molecule has 0 unspecified atom stereocenters. The summed E-state index contributed by atoms with van der Waals surface area (Å²) < 4.78 is 28.9. The smallest absolute Gasteiger partial charge is 0.250 e. The van der Waals surface area contributed by atoms with Crippen molar-refractivity contribution in [2.75, 3.05) is 6.54 Å². The molecule has 0 aliphatic carbocycles. The summed E-state index contributed by atoms with van der Waals surface area (Å²) >= 11 is 5.91. The second kappa shape index (κ2) is 7.12. The largest absolute Gasteiger partial charge is 0.389 e. The van der Waals surface area contributed by atoms with Gasteiger partial charge >= 0.3 is 0 Å². The third-order valence-corrected chi connectivity index (χ3v) is 6.20. The van der Waals surface area contributed by atoms with Crippen LogP contribution in [0.2, 0.25) is 0 Å². The Morgan fingerprint density at radius 1 is 1.43 bits per heavy atom. The number of nitrogens with one attached hydrogen (secondary N) is 1. The van der Waals surface area contributed by atoms with Gasteiger partial charge in [0.05, 0.1) is 11.2 Å². The van der Waals surface area contributed by atoms with Crippen molar-refractivity contribution >= 4 is 38.6 Å². The number of nitrogens with two attached hydrogens (primary N) is 1. The summed E-state index contributed by atoms with van der Waals surface area (Å²) in [6, 6.07) is 3.15. The van der Waals surface area contributed by atoms with Crippen LogP contribution >= 0.6 is 23.6 Å². The molecule has 0 aromatic carbocycles. The summed E-state index contributed by atoms with van der Waals surface area (Å²) in [5.41, 5.74) is 5.48. The van der Waals surface area contributed by atoms with Crippen molar-refractivity contribution in [1.29, 1.82) is 0 Å². The minimum absolute atomic E-state index is 0.210. The van der Waals surface area contributed by atoms with E-state index in [-0.39, 0.29) is 9.20 Å². The number of rotatable bonds is 8. The van der Waals surface area contributed by atoms with Gasteiger partial charge in [0.2, 0.25) is 10.0 Å². The van der Waals surface area contributed by atoms with Crippen molar-refractivity contribution in [3.05, 3.63) is 35.7 Å². The van der Waals surface area contributed by atoms with E-state index in [9.17, 15) is 8.42 Å². The van der Waals surface area contributed by atoms with Crippen LogP contribution in [0.25, 0.3) is 0 Å². The van der Waals surface area contributed by atoms with E-state index in [2.05, 4.69) is 9.71 Å². The Balaban J connectivity index is 1.79. The third-order valence-electron chi connectivity index (χ3n) is 2.78. The van der Waals surface area contributed by atoms with Crippen molar-refractivity contribution in [3.8, 4) is 0 Å². The van der Waals surface area contributed by atoms with Gasteiger partial charge in [-0.3, -0.25) is 0 Å². The zero-order chi connectivity index (χ0) is 15.3. The Morgan fingerprint density at radius 3 is 2.86 bits per heavy atom. The van der Waals surface area contributed by atoms with Crippen LogP contribution in [0.3, 0.4) is 0 Å². The van der Waals surface area contributed by atoms with Crippen molar-refractivity contribution in [2.24, 2.45) is 5.73 Å². The summed E-state index contributed by atoms with van der Waals surface area (Å²) in [6.07, 6.45) is 6.98. The van der Waals surface area contributed by atoms with E-state index >= 15 is 0 Å². The van der Waals surface area contributed by atoms with Gasteiger partial charge in [-0.1, -0.05) is 12.2 Å². The van der Waals surface area contributed by atoms with Crippen LogP contribution in [-0.2, 0) is 16.6 Å². The molecule has 6 nitrogen and oxygen atoms in total. The molecule has 2 heterocycles. The van der Waals surface area contributed by atoms with Gasteiger partial charge in [0.1, 0.15) is 9.20 Å². The SMILES string of the molecule is NC(=S)c1ccc(S(=O)(=O)NCCCCn2ccnc2)s1. The minimum atomic E-state index is -3.47. The molecule has 21 heavy (non-hydrogen) atoms. The number of imidazole rings is 1. The van der Waals surface area contributed by atoms with E-state index in [1.807, 2.05) is 10.8 Å². The molecule has 0 saturated carbocycles. The second-order valence-corrected chi connectivity index (χ2v) is 7.91. The summed E-state index contributed by atoms with van der Waals surface area (Å²) in [5, 5.41) is 0. The fourth-order valence-corrected chi connectivity index (χ4v) is 4.18. The van der Waals surface area contributed by atoms with Crippen molar-refractivity contribution in [3.63, 3.8) is 0 Å². The number of aromatic nitrogens is 2. The average molecular weight is 344 g/mol. The van der Waals surface area contributed by atoms with Crippen LogP contribution < -0.4 is 10.5 Å². The number of thiophene rings is 1. The molecule has 0 spiro atoms. The minimum Gasteiger partial charge on any atom is -0.389 e. The Kier molecular flexibility index (Phi) is 5.45. The molecule has 2 aromatic heterocycles. The molecule has 0 radical (unpaired) electrons. The molecule has 114 valence electrons. The normalized spacial score (nSPS) is 11.6. The van der Waals surface area contributed by atoms with Gasteiger partial charge in [-0.05, 0) is 25.0 Å². The van der Waals surface area contributed by atoms with Crippen LogP contribution in [-0.4, -0.2) is 29.5 Å². The lowest BCUT2D eigenvalue weighted by molar-refractivity contribution is 0.567. The van der Waals surface area contributed by atoms with Crippen LogP contribution in [0.1, 0.15) is 17.7 Å². The summed E-state index contributed by atoms with van der Waals surface area (Å²) in [4.78, 5) is 4.76. The van der Waals surface area contributed by atoms with Crippen molar-refractivity contribution in [2.45, 2.75) is 23.6 Å². The number of nitrogens with zero attached hydrogens (tertiary/aromatic N) is 2. The second-order valence-electron chi connectivity index (χ2n) is 4.39. The summed E-state index contributed by atoms with van der Waals surface area (Å²) in [5.74, 6) is 0. The highest BCUT2D eigenvalue weighted by molar-refractivity contribution is 7.91. The lowest BCUT2D eigenvalue weighted by Crippen LogP contribution is -2.24. The van der Waals surface area contributed by atoms with Crippen LogP contribution in [0.5, 0.6) is 0 Å². The van der Waals surface area contributed by atoms with Gasteiger partial charge in [0, 0.05) is 25.5 Å². The molecule has 2 aromatic rings. The van der Waals surface area contributed by atoms with E-state index in [1.165, 1.54) is 6.07 Å². The van der Waals surface area contributed by atoms with Crippen LogP contribution in [0, 0.1) is 0 Å². The maximum absolute atomic E-state index is 12.1. The molecular weight excluding hydrogens is 328 g/mol. The lowest BCUT2D eigenvalue weighted by Gasteiger charge is -2.05. The predicted molar refractivity (Wildman–Crippen MR) is 86.9 cm³/mol. The van der Waals surface area contributed by atoms with E-state index < -0.39 is 10.0 Å². The maximum Gasteiger partial charge on any atom is 0.250 e. The Bertz CT molecular complexity index is 692. The van der Waals surface area contributed by atoms with E-state index in [1.54, 1.807) is 18.6 Å². The van der Waals surface area contributed by atoms with Crippen molar-refractivity contribution in [1.82, 2.24) is 14.3 Å². The molecule has 0 amide bonds. The van der Waals surface area contributed by atoms with Crippen molar-refractivity contribution < 1.29 is 8.42 Å². The van der Waals surface area contributed by atoms with E-state index in [0.717, 1.165) is 30.7 Å². The zero-order valence-corrected chi connectivity index (χ0v) is 13.7. The highest BCUT2D eigenvalue weighted by atomic mass is 32.2. The molecule has 0 atom stereocenters. The number of thiocarbonyl (C=S) groups is 1. The molecule has 0 bridgehead atoms. The number of aryl methyl sites for hydroxylation is 1. The molecule has 0 aliphatic heterocycles. The monoisotopic (exact) mass is 344 g/mol. The highest BCUT2D eigenvalue weighted by Crippen LogP contribution is 2.21. The molecular formula is C12H16N4O2S3. The van der Waals surface area contributed by atoms with Crippen LogP contribution in [0.4, 0.5) is 0 Å². The first-order valence-electron chi connectivity index (χ1n) is 6.34. The zero-order valence-electron chi connectivity index (χ0n) is 11.2. The third kappa shape index (κ3) is 4.60. The first-order chi connectivity index (χ1) is 9.99. The number of hydrogen-bond acceptors (Lipinski definition) is 5. The Hall–Kier alpha value is -1.29. The molecule has 0 aliphatic rings. The summed E-state index contributed by atoms with van der Waals surface area (Å²) in [6.45, 7) is 1.23. The molecule has 0 saturated heterocycles. The fourth-order valence-electron chi connectivity index (χ4n) is 1.71. The van der Waals surface area contributed by atoms with Crippen LogP contribution in [0.15, 0.2) is 35.1 Å². The molecule has 3 N–H and O–H groups in total. The van der Waals surface area contributed by atoms with Gasteiger partial charge in [0.25, 0.3) is 0 Å². The lowest BCUT2D eigenvalue weighted by atomic mass is 10.3. The molecule has 9 heteroatoms. The molecule has 0 fully saturated rings. The number of sulfonamides is 1. The van der Waals surface area contributed by atoms with Gasteiger partial charge < -0.3 is 10.3 Å². The van der Waals surface area contributed by atoms with E-state index in [0.29, 0.717) is 11.4 Å². The standard InChI is InChI=1S/C12H16N4O2S3/c13-12(19)10-3-4-11(20-10)21(17,18)15-5-1-2-7-16-8-6-14-9-16/h3-4,6,8-9,15H,1-2,5,7H2,(H2,13,19). The topological polar surface area (TPSA) is 90.0 Å². The van der Waals surface area contributed by atoms with Gasteiger partial charge in [-0.25, -0.2) is 18.1 Å².